The zero-order valence-corrected chi connectivity index (χ0v) is 13.7. The molecule has 20 heavy (non-hydrogen) atoms. The van der Waals surface area contributed by atoms with Crippen molar-refractivity contribution in [3.8, 4) is 0 Å². The highest BCUT2D eigenvalue weighted by molar-refractivity contribution is 7.98. The molecule has 3 nitrogen and oxygen atoms in total. The average Bonchev–Trinajstić information content (AvgIpc) is 2.38. The van der Waals surface area contributed by atoms with Gasteiger partial charge >= 0.3 is 5.97 Å². The topological polar surface area (TPSA) is 46.5 Å². The molecule has 4 heteroatoms. The Morgan fingerprint density at radius 1 is 1.35 bits per heavy atom. The van der Waals surface area contributed by atoms with Crippen molar-refractivity contribution in [2.75, 3.05) is 12.9 Å². The summed E-state index contributed by atoms with van der Waals surface area (Å²) in [4.78, 5) is 13.3. The molecule has 2 unspecified atom stereocenters. The fourth-order valence-electron chi connectivity index (χ4n) is 2.49. The molecule has 112 valence electrons. The van der Waals surface area contributed by atoms with E-state index in [0.717, 1.165) is 10.5 Å². The van der Waals surface area contributed by atoms with Crippen LogP contribution in [0.1, 0.15) is 33.3 Å². The Morgan fingerprint density at radius 3 is 2.30 bits per heavy atom. The number of carbonyl (C=O) groups excluding carboxylic acids is 1. The molecule has 0 radical (unpaired) electrons. The van der Waals surface area contributed by atoms with Crippen LogP contribution in [0.5, 0.6) is 0 Å². The molecule has 1 aromatic carbocycles. The summed E-state index contributed by atoms with van der Waals surface area (Å²) in [7, 11) is 0. The van der Waals surface area contributed by atoms with E-state index in [1.165, 1.54) is 0 Å². The molecule has 0 amide bonds. The van der Waals surface area contributed by atoms with E-state index < -0.39 is 11.5 Å². The SMILES string of the molecule is CCOC(=O)C(C(C)C)C(C)(O)c1ccc(SC)cc1. The van der Waals surface area contributed by atoms with E-state index in [2.05, 4.69) is 0 Å². The van der Waals surface area contributed by atoms with Crippen molar-refractivity contribution in [1.82, 2.24) is 0 Å². The smallest absolute Gasteiger partial charge is 0.312 e. The number of hydrogen-bond donors (Lipinski definition) is 1. The monoisotopic (exact) mass is 296 g/mol. The number of esters is 1. The van der Waals surface area contributed by atoms with E-state index in [1.54, 1.807) is 25.6 Å². The lowest BCUT2D eigenvalue weighted by atomic mass is 9.76. The summed E-state index contributed by atoms with van der Waals surface area (Å²) in [6.45, 7) is 7.63. The highest BCUT2D eigenvalue weighted by Gasteiger charge is 2.41. The Balaban J connectivity index is 3.11. The Hall–Kier alpha value is -1.00. The number of aliphatic hydroxyl groups is 1. The van der Waals surface area contributed by atoms with Gasteiger partial charge in [0, 0.05) is 4.90 Å². The fraction of sp³-hybridized carbons (Fsp3) is 0.562. The normalized spacial score (nSPS) is 15.8. The van der Waals surface area contributed by atoms with Gasteiger partial charge in [-0.1, -0.05) is 26.0 Å². The van der Waals surface area contributed by atoms with Crippen molar-refractivity contribution in [1.29, 1.82) is 0 Å². The molecule has 0 aliphatic rings. The zero-order chi connectivity index (χ0) is 15.3. The number of benzene rings is 1. The van der Waals surface area contributed by atoms with Crippen molar-refractivity contribution in [3.05, 3.63) is 29.8 Å². The van der Waals surface area contributed by atoms with Gasteiger partial charge in [-0.2, -0.15) is 0 Å². The van der Waals surface area contributed by atoms with Crippen LogP contribution < -0.4 is 0 Å². The molecule has 1 aromatic rings. The molecule has 0 fully saturated rings. The van der Waals surface area contributed by atoms with Gasteiger partial charge in [0.15, 0.2) is 0 Å². The van der Waals surface area contributed by atoms with Crippen molar-refractivity contribution in [3.63, 3.8) is 0 Å². The maximum atomic E-state index is 12.1. The minimum Gasteiger partial charge on any atom is -0.466 e. The Kier molecular flexibility index (Phi) is 6.08. The predicted molar refractivity (Wildman–Crippen MR) is 82.8 cm³/mol. The summed E-state index contributed by atoms with van der Waals surface area (Å²) in [6, 6.07) is 7.66. The first kappa shape index (κ1) is 17.1. The highest BCUT2D eigenvalue weighted by Crippen LogP contribution is 2.35. The molecule has 1 N–H and O–H groups in total. The van der Waals surface area contributed by atoms with Gasteiger partial charge in [-0.3, -0.25) is 4.79 Å². The van der Waals surface area contributed by atoms with Crippen LogP contribution >= 0.6 is 11.8 Å². The lowest BCUT2D eigenvalue weighted by Gasteiger charge is -2.34. The van der Waals surface area contributed by atoms with Crippen molar-refractivity contribution >= 4 is 17.7 Å². The van der Waals surface area contributed by atoms with Gasteiger partial charge in [-0.25, -0.2) is 0 Å². The van der Waals surface area contributed by atoms with Gasteiger partial charge in [-0.05, 0) is 43.7 Å². The maximum Gasteiger partial charge on any atom is 0.312 e. The predicted octanol–water partition coefficient (Wildman–Crippen LogP) is 3.45. The quantitative estimate of drug-likeness (QED) is 0.645. The van der Waals surface area contributed by atoms with E-state index in [1.807, 2.05) is 44.4 Å². The largest absolute Gasteiger partial charge is 0.466 e. The highest BCUT2D eigenvalue weighted by atomic mass is 32.2. The minimum atomic E-state index is -1.24. The van der Waals surface area contributed by atoms with Crippen LogP contribution in [0.4, 0.5) is 0 Å². The Labute approximate surface area is 125 Å². The molecule has 0 bridgehead atoms. The minimum absolute atomic E-state index is 0.00993. The molecule has 0 saturated carbocycles. The summed E-state index contributed by atoms with van der Waals surface area (Å²) in [5.74, 6) is -0.937. The van der Waals surface area contributed by atoms with E-state index in [0.29, 0.717) is 6.61 Å². The van der Waals surface area contributed by atoms with Crippen molar-refractivity contribution in [2.45, 2.75) is 38.2 Å². The molecule has 0 aliphatic heterocycles. The number of rotatable bonds is 6. The second-order valence-corrected chi connectivity index (χ2v) is 6.23. The lowest BCUT2D eigenvalue weighted by Crippen LogP contribution is -2.41. The molecule has 0 heterocycles. The first-order chi connectivity index (χ1) is 9.34. The summed E-state index contributed by atoms with van der Waals surface area (Å²) >= 11 is 1.64. The van der Waals surface area contributed by atoms with E-state index in [4.69, 9.17) is 4.74 Å². The van der Waals surface area contributed by atoms with E-state index in [-0.39, 0.29) is 11.9 Å². The molecular formula is C16H24O3S. The second-order valence-electron chi connectivity index (χ2n) is 5.35. The van der Waals surface area contributed by atoms with Crippen LogP contribution in [0, 0.1) is 11.8 Å². The number of ether oxygens (including phenoxy) is 1. The molecule has 0 aliphatic carbocycles. The number of hydrogen-bond acceptors (Lipinski definition) is 4. The third kappa shape index (κ3) is 3.76. The third-order valence-electron chi connectivity index (χ3n) is 3.49. The standard InChI is InChI=1S/C16H24O3S/c1-6-19-15(17)14(11(2)3)16(4,18)12-7-9-13(20-5)10-8-12/h7-11,14,18H,6H2,1-5H3. The molecule has 1 rings (SSSR count). The summed E-state index contributed by atoms with van der Waals surface area (Å²) < 4.78 is 5.12. The van der Waals surface area contributed by atoms with Crippen molar-refractivity contribution in [2.24, 2.45) is 11.8 Å². The Bertz CT molecular complexity index is 438. The fourth-order valence-corrected chi connectivity index (χ4v) is 2.90. The number of thioether (sulfide) groups is 1. The van der Waals surface area contributed by atoms with Crippen molar-refractivity contribution < 1.29 is 14.6 Å². The van der Waals surface area contributed by atoms with Gasteiger partial charge in [-0.15, -0.1) is 11.8 Å². The summed E-state index contributed by atoms with van der Waals surface area (Å²) in [5.41, 5.74) is -0.501. The van der Waals surface area contributed by atoms with Gasteiger partial charge in [0.05, 0.1) is 12.5 Å². The van der Waals surface area contributed by atoms with Crippen LogP contribution in [0.25, 0.3) is 0 Å². The van der Waals surface area contributed by atoms with E-state index in [9.17, 15) is 9.90 Å². The van der Waals surface area contributed by atoms with Crippen LogP contribution in [-0.4, -0.2) is 23.9 Å². The molecule has 0 saturated heterocycles. The lowest BCUT2D eigenvalue weighted by molar-refractivity contribution is -0.161. The van der Waals surface area contributed by atoms with Crippen LogP contribution in [0.15, 0.2) is 29.2 Å². The van der Waals surface area contributed by atoms with Crippen LogP contribution in [-0.2, 0) is 15.1 Å². The zero-order valence-electron chi connectivity index (χ0n) is 12.8. The van der Waals surface area contributed by atoms with Gasteiger partial charge in [0.25, 0.3) is 0 Å². The van der Waals surface area contributed by atoms with Crippen LogP contribution in [0.2, 0.25) is 0 Å². The maximum absolute atomic E-state index is 12.1. The van der Waals surface area contributed by atoms with Crippen LogP contribution in [0.3, 0.4) is 0 Å². The van der Waals surface area contributed by atoms with Gasteiger partial charge < -0.3 is 9.84 Å². The molecule has 0 aromatic heterocycles. The number of carbonyl (C=O) groups is 1. The van der Waals surface area contributed by atoms with E-state index >= 15 is 0 Å². The average molecular weight is 296 g/mol. The third-order valence-corrected chi connectivity index (χ3v) is 4.23. The van der Waals surface area contributed by atoms with Gasteiger partial charge in [0.2, 0.25) is 0 Å². The summed E-state index contributed by atoms with van der Waals surface area (Å²) in [6.07, 6.45) is 2.00. The van der Waals surface area contributed by atoms with Gasteiger partial charge in [0.1, 0.15) is 5.60 Å². The first-order valence-electron chi connectivity index (χ1n) is 6.88. The Morgan fingerprint density at radius 2 is 1.90 bits per heavy atom. The summed E-state index contributed by atoms with van der Waals surface area (Å²) in [5, 5.41) is 10.9. The molecule has 2 atom stereocenters. The first-order valence-corrected chi connectivity index (χ1v) is 8.10. The molecular weight excluding hydrogens is 272 g/mol. The molecule has 0 spiro atoms. The second kappa shape index (κ2) is 7.14.